The van der Waals surface area contributed by atoms with Gasteiger partial charge >= 0.3 is 10.1 Å². The zero-order valence-electron chi connectivity index (χ0n) is 15.2. The van der Waals surface area contributed by atoms with Crippen molar-refractivity contribution in [2.24, 2.45) is 23.2 Å². The molecule has 1 aromatic rings. The second-order valence-electron chi connectivity index (χ2n) is 8.52. The molecule has 0 saturated heterocycles. The molecule has 4 aliphatic rings. The minimum Gasteiger partial charge on any atom is -0.382 e. The van der Waals surface area contributed by atoms with Gasteiger partial charge < -0.3 is 9.50 Å². The van der Waals surface area contributed by atoms with Crippen molar-refractivity contribution >= 4 is 21.7 Å². The van der Waals surface area contributed by atoms with Crippen molar-refractivity contribution in [1.29, 1.82) is 0 Å². The molecule has 142 valence electrons. The summed E-state index contributed by atoms with van der Waals surface area (Å²) in [5.41, 5.74) is 0.514. The summed E-state index contributed by atoms with van der Waals surface area (Å²) in [6.07, 6.45) is 7.53. The Balaban J connectivity index is 1.42. The first-order valence-corrected chi connectivity index (χ1v) is 11.3. The SMILES string of the molecule is CCCS(=O)(=O)Oc1ccc(NC(=O)C23CC4CC(CC(C4)C2)C3)cc1. The normalized spacial score (nSPS) is 32.4. The fourth-order valence-corrected chi connectivity index (χ4v) is 6.67. The number of anilines is 1. The van der Waals surface area contributed by atoms with Gasteiger partial charge in [-0.25, -0.2) is 0 Å². The molecule has 0 heterocycles. The van der Waals surface area contributed by atoms with Crippen LogP contribution < -0.4 is 9.50 Å². The monoisotopic (exact) mass is 377 g/mol. The average Bonchev–Trinajstić information content (AvgIpc) is 2.55. The predicted octanol–water partition coefficient (Wildman–Crippen LogP) is 3.96. The lowest BCUT2D eigenvalue weighted by Crippen LogP contribution is -2.51. The van der Waals surface area contributed by atoms with E-state index < -0.39 is 10.1 Å². The van der Waals surface area contributed by atoms with Gasteiger partial charge in [0.2, 0.25) is 5.91 Å². The quantitative estimate of drug-likeness (QED) is 0.762. The summed E-state index contributed by atoms with van der Waals surface area (Å²) in [6.45, 7) is 1.80. The van der Waals surface area contributed by atoms with E-state index in [1.807, 2.05) is 0 Å². The van der Waals surface area contributed by atoms with E-state index in [9.17, 15) is 13.2 Å². The average molecular weight is 378 g/mol. The van der Waals surface area contributed by atoms with Gasteiger partial charge in [0.25, 0.3) is 0 Å². The van der Waals surface area contributed by atoms with Gasteiger partial charge in [0, 0.05) is 5.69 Å². The second-order valence-corrected chi connectivity index (χ2v) is 10.2. The molecule has 4 saturated carbocycles. The molecule has 0 atom stereocenters. The first kappa shape index (κ1) is 17.8. The van der Waals surface area contributed by atoms with Crippen molar-refractivity contribution in [2.45, 2.75) is 51.9 Å². The van der Waals surface area contributed by atoms with Gasteiger partial charge in [-0.15, -0.1) is 0 Å². The highest BCUT2D eigenvalue weighted by Crippen LogP contribution is 2.60. The fourth-order valence-electron chi connectivity index (χ4n) is 5.68. The van der Waals surface area contributed by atoms with Gasteiger partial charge in [-0.2, -0.15) is 8.42 Å². The largest absolute Gasteiger partial charge is 0.382 e. The van der Waals surface area contributed by atoms with Gasteiger partial charge in [0.05, 0.1) is 11.2 Å². The van der Waals surface area contributed by atoms with E-state index in [0.717, 1.165) is 37.0 Å². The van der Waals surface area contributed by atoms with Gasteiger partial charge in [-0.3, -0.25) is 4.79 Å². The lowest BCUT2D eigenvalue weighted by atomic mass is 9.49. The van der Waals surface area contributed by atoms with Gasteiger partial charge in [-0.05, 0) is 87.0 Å². The van der Waals surface area contributed by atoms with E-state index in [4.69, 9.17) is 4.18 Å². The number of rotatable bonds is 6. The molecular weight excluding hydrogens is 350 g/mol. The molecule has 1 amide bonds. The Labute approximate surface area is 155 Å². The number of hydrogen-bond donors (Lipinski definition) is 1. The Morgan fingerprint density at radius 1 is 1.08 bits per heavy atom. The van der Waals surface area contributed by atoms with Crippen LogP contribution in [0.25, 0.3) is 0 Å². The molecule has 5 nitrogen and oxygen atoms in total. The van der Waals surface area contributed by atoms with Crippen LogP contribution in [0.5, 0.6) is 5.75 Å². The third-order valence-corrected chi connectivity index (χ3v) is 7.66. The van der Waals surface area contributed by atoms with Crippen LogP contribution in [0.4, 0.5) is 5.69 Å². The molecule has 1 aromatic carbocycles. The van der Waals surface area contributed by atoms with E-state index in [2.05, 4.69) is 5.32 Å². The highest BCUT2D eigenvalue weighted by atomic mass is 32.2. The summed E-state index contributed by atoms with van der Waals surface area (Å²) in [6, 6.07) is 6.63. The lowest BCUT2D eigenvalue weighted by Gasteiger charge is -2.55. The number of amides is 1. The number of hydrogen-bond acceptors (Lipinski definition) is 4. The number of nitrogens with one attached hydrogen (secondary N) is 1. The van der Waals surface area contributed by atoms with Crippen molar-refractivity contribution in [3.8, 4) is 5.75 Å². The minimum atomic E-state index is -3.54. The number of benzene rings is 1. The molecule has 26 heavy (non-hydrogen) atoms. The zero-order valence-corrected chi connectivity index (χ0v) is 16.1. The topological polar surface area (TPSA) is 72.5 Å². The Hall–Kier alpha value is -1.56. The molecule has 4 fully saturated rings. The van der Waals surface area contributed by atoms with Crippen LogP contribution in [0.1, 0.15) is 51.9 Å². The molecule has 0 aliphatic heterocycles. The van der Waals surface area contributed by atoms with Crippen LogP contribution in [-0.2, 0) is 14.9 Å². The van der Waals surface area contributed by atoms with E-state index in [-0.39, 0.29) is 22.8 Å². The molecule has 0 aromatic heterocycles. The molecule has 5 rings (SSSR count). The third-order valence-electron chi connectivity index (χ3n) is 6.31. The Bertz CT molecular complexity index is 749. The van der Waals surface area contributed by atoms with Crippen LogP contribution in [0, 0.1) is 23.2 Å². The van der Waals surface area contributed by atoms with Crippen molar-refractivity contribution in [3.05, 3.63) is 24.3 Å². The van der Waals surface area contributed by atoms with E-state index in [1.54, 1.807) is 31.2 Å². The highest BCUT2D eigenvalue weighted by molar-refractivity contribution is 7.87. The van der Waals surface area contributed by atoms with Crippen molar-refractivity contribution in [2.75, 3.05) is 11.1 Å². The molecule has 6 heteroatoms. The van der Waals surface area contributed by atoms with Crippen LogP contribution in [0.15, 0.2) is 24.3 Å². The van der Waals surface area contributed by atoms with Crippen LogP contribution in [0.2, 0.25) is 0 Å². The smallest absolute Gasteiger partial charge is 0.309 e. The van der Waals surface area contributed by atoms with Crippen LogP contribution >= 0.6 is 0 Å². The zero-order chi connectivity index (χ0) is 18.4. The van der Waals surface area contributed by atoms with Gasteiger partial charge in [-0.1, -0.05) is 6.92 Å². The van der Waals surface area contributed by atoms with Gasteiger partial charge in [0.1, 0.15) is 5.75 Å². The Morgan fingerprint density at radius 2 is 1.62 bits per heavy atom. The summed E-state index contributed by atoms with van der Waals surface area (Å²) < 4.78 is 28.5. The maximum absolute atomic E-state index is 13.0. The Morgan fingerprint density at radius 3 is 2.12 bits per heavy atom. The molecule has 4 bridgehead atoms. The first-order chi connectivity index (χ1) is 12.4. The molecule has 0 spiro atoms. The molecular formula is C20H27NO4S. The Kier molecular flexibility index (Phi) is 4.49. The fraction of sp³-hybridized carbons (Fsp3) is 0.650. The lowest BCUT2D eigenvalue weighted by molar-refractivity contribution is -0.140. The summed E-state index contributed by atoms with van der Waals surface area (Å²) in [7, 11) is -3.54. The summed E-state index contributed by atoms with van der Waals surface area (Å²) in [4.78, 5) is 13.0. The van der Waals surface area contributed by atoms with E-state index in [0.29, 0.717) is 12.1 Å². The van der Waals surface area contributed by atoms with Crippen molar-refractivity contribution < 1.29 is 17.4 Å². The van der Waals surface area contributed by atoms with E-state index in [1.165, 1.54) is 19.3 Å². The van der Waals surface area contributed by atoms with Crippen molar-refractivity contribution in [3.63, 3.8) is 0 Å². The van der Waals surface area contributed by atoms with E-state index >= 15 is 0 Å². The van der Waals surface area contributed by atoms with Crippen LogP contribution in [-0.4, -0.2) is 20.1 Å². The molecule has 0 unspecified atom stereocenters. The molecule has 1 N–H and O–H groups in total. The number of carbonyl (C=O) groups excluding carboxylic acids is 1. The summed E-state index contributed by atoms with van der Waals surface area (Å²) >= 11 is 0. The molecule has 4 aliphatic carbocycles. The minimum absolute atomic E-state index is 0.00247. The number of carbonyl (C=O) groups is 1. The third kappa shape index (κ3) is 3.48. The molecule has 0 radical (unpaired) electrons. The summed E-state index contributed by atoms with van der Waals surface area (Å²) in [5.74, 6) is 2.61. The van der Waals surface area contributed by atoms with Crippen LogP contribution in [0.3, 0.4) is 0 Å². The summed E-state index contributed by atoms with van der Waals surface area (Å²) in [5, 5.41) is 3.07. The second kappa shape index (κ2) is 6.55. The maximum Gasteiger partial charge on any atom is 0.309 e. The standard InChI is InChI=1S/C20H27NO4S/c1-2-7-26(23,24)25-18-5-3-17(4-6-18)21-19(22)20-11-14-8-15(12-20)10-16(9-14)13-20/h3-6,14-16H,2,7-13H2,1H3,(H,21,22). The highest BCUT2D eigenvalue weighted by Gasteiger charge is 2.54. The van der Waals surface area contributed by atoms with Crippen molar-refractivity contribution in [1.82, 2.24) is 0 Å². The predicted molar refractivity (Wildman–Crippen MR) is 100 cm³/mol. The first-order valence-electron chi connectivity index (χ1n) is 9.71. The maximum atomic E-state index is 13.0. The van der Waals surface area contributed by atoms with Gasteiger partial charge in [0.15, 0.2) is 0 Å².